The van der Waals surface area contributed by atoms with Crippen molar-refractivity contribution < 1.29 is 4.79 Å². The van der Waals surface area contributed by atoms with E-state index in [2.05, 4.69) is 36.3 Å². The van der Waals surface area contributed by atoms with Crippen molar-refractivity contribution in [3.8, 4) is 0 Å². The highest BCUT2D eigenvalue weighted by Crippen LogP contribution is 2.28. The van der Waals surface area contributed by atoms with Crippen LogP contribution in [0.25, 0.3) is 10.9 Å². The van der Waals surface area contributed by atoms with E-state index >= 15 is 0 Å². The van der Waals surface area contributed by atoms with Gasteiger partial charge in [0.25, 0.3) is 5.91 Å². The molecule has 3 rings (SSSR count). The van der Waals surface area contributed by atoms with Crippen LogP contribution in [0.2, 0.25) is 0 Å². The summed E-state index contributed by atoms with van der Waals surface area (Å²) >= 11 is 0. The van der Waals surface area contributed by atoms with Crippen LogP contribution in [0.3, 0.4) is 0 Å². The zero-order valence-corrected chi connectivity index (χ0v) is 9.48. The summed E-state index contributed by atoms with van der Waals surface area (Å²) in [6.07, 6.45) is 0.897. The van der Waals surface area contributed by atoms with E-state index in [-0.39, 0.29) is 5.91 Å². The molecule has 0 fully saturated rings. The van der Waals surface area contributed by atoms with Crippen LogP contribution in [0.4, 0.5) is 0 Å². The quantitative estimate of drug-likeness (QED) is 0.692. The molecular weight excluding hydrogens is 200 g/mol. The number of nitrogens with one attached hydrogen (secondary N) is 2. The van der Waals surface area contributed by atoms with Gasteiger partial charge in [-0.25, -0.2) is 0 Å². The Morgan fingerprint density at radius 2 is 2.06 bits per heavy atom. The number of H-pyrrole nitrogens is 1. The van der Waals surface area contributed by atoms with Crippen molar-refractivity contribution in [2.45, 2.75) is 20.3 Å². The third-order valence-electron chi connectivity index (χ3n) is 3.21. The summed E-state index contributed by atoms with van der Waals surface area (Å²) in [6.45, 7) is 4.87. The third-order valence-corrected chi connectivity index (χ3v) is 3.21. The first-order chi connectivity index (χ1) is 7.66. The Hall–Kier alpha value is -1.77. The monoisotopic (exact) mass is 214 g/mol. The molecule has 2 aromatic rings. The SMILES string of the molecule is Cc1cc(C)c2[nH]c3c(c2c1)C(=O)NCC3. The van der Waals surface area contributed by atoms with Gasteiger partial charge in [0, 0.05) is 29.6 Å². The first kappa shape index (κ1) is 9.46. The van der Waals surface area contributed by atoms with E-state index in [1.54, 1.807) is 0 Å². The molecule has 2 N–H and O–H groups in total. The lowest BCUT2D eigenvalue weighted by Gasteiger charge is -2.12. The standard InChI is InChI=1S/C13H14N2O/c1-7-5-8(2)12-9(6-7)11-10(15-12)3-4-14-13(11)16/h5-6,15H,3-4H2,1-2H3,(H,14,16). The Kier molecular flexibility index (Phi) is 1.84. The molecule has 3 heteroatoms. The molecule has 1 amide bonds. The van der Waals surface area contributed by atoms with Crippen LogP contribution in [-0.2, 0) is 6.42 Å². The van der Waals surface area contributed by atoms with Crippen molar-refractivity contribution in [2.75, 3.05) is 6.54 Å². The number of amides is 1. The molecule has 1 aromatic heterocycles. The zero-order chi connectivity index (χ0) is 11.3. The zero-order valence-electron chi connectivity index (χ0n) is 9.48. The first-order valence-electron chi connectivity index (χ1n) is 5.57. The fraction of sp³-hybridized carbons (Fsp3) is 0.308. The van der Waals surface area contributed by atoms with E-state index in [0.29, 0.717) is 0 Å². The van der Waals surface area contributed by atoms with Gasteiger partial charge in [-0.15, -0.1) is 0 Å². The van der Waals surface area contributed by atoms with Crippen LogP contribution < -0.4 is 5.32 Å². The highest BCUT2D eigenvalue weighted by molar-refractivity contribution is 6.09. The summed E-state index contributed by atoms with van der Waals surface area (Å²) in [4.78, 5) is 15.2. The second-order valence-electron chi connectivity index (χ2n) is 4.49. The number of hydrogen-bond acceptors (Lipinski definition) is 1. The van der Waals surface area contributed by atoms with Crippen LogP contribution in [0.5, 0.6) is 0 Å². The number of aromatic amines is 1. The third kappa shape index (κ3) is 1.18. The van der Waals surface area contributed by atoms with E-state index < -0.39 is 0 Å². The minimum Gasteiger partial charge on any atom is -0.357 e. The molecule has 1 aliphatic rings. The van der Waals surface area contributed by atoms with Crippen molar-refractivity contribution in [3.05, 3.63) is 34.5 Å². The van der Waals surface area contributed by atoms with Crippen LogP contribution in [0.15, 0.2) is 12.1 Å². The molecule has 0 radical (unpaired) electrons. The van der Waals surface area contributed by atoms with Gasteiger partial charge in [0.1, 0.15) is 0 Å². The van der Waals surface area contributed by atoms with Crippen molar-refractivity contribution in [3.63, 3.8) is 0 Å². The van der Waals surface area contributed by atoms with E-state index in [4.69, 9.17) is 0 Å². The van der Waals surface area contributed by atoms with Gasteiger partial charge in [-0.1, -0.05) is 11.6 Å². The molecule has 0 bridgehead atoms. The van der Waals surface area contributed by atoms with E-state index in [1.165, 1.54) is 11.1 Å². The molecule has 2 heterocycles. The maximum atomic E-state index is 11.9. The van der Waals surface area contributed by atoms with Gasteiger partial charge in [0.15, 0.2) is 0 Å². The van der Waals surface area contributed by atoms with Gasteiger partial charge in [0.2, 0.25) is 0 Å². The molecule has 0 saturated heterocycles. The predicted molar refractivity (Wildman–Crippen MR) is 63.8 cm³/mol. The number of aromatic nitrogens is 1. The summed E-state index contributed by atoms with van der Waals surface area (Å²) in [5, 5.41) is 3.96. The number of aryl methyl sites for hydroxylation is 2. The predicted octanol–water partition coefficient (Wildman–Crippen LogP) is 2.07. The summed E-state index contributed by atoms with van der Waals surface area (Å²) in [5.74, 6) is 0.0532. The molecule has 82 valence electrons. The molecular formula is C13H14N2O. The summed E-state index contributed by atoms with van der Waals surface area (Å²) in [6, 6.07) is 4.23. The maximum Gasteiger partial charge on any atom is 0.253 e. The molecule has 16 heavy (non-hydrogen) atoms. The van der Waals surface area contributed by atoms with Crippen LogP contribution in [-0.4, -0.2) is 17.4 Å². The number of carbonyl (C=O) groups excluding carboxylic acids is 1. The minimum absolute atomic E-state index is 0.0532. The highest BCUT2D eigenvalue weighted by Gasteiger charge is 2.22. The Morgan fingerprint density at radius 3 is 2.88 bits per heavy atom. The summed E-state index contributed by atoms with van der Waals surface area (Å²) in [5.41, 5.74) is 5.43. The van der Waals surface area contributed by atoms with E-state index in [1.807, 2.05) is 0 Å². The van der Waals surface area contributed by atoms with E-state index in [9.17, 15) is 4.79 Å². The lowest BCUT2D eigenvalue weighted by Crippen LogP contribution is -2.31. The van der Waals surface area contributed by atoms with E-state index in [0.717, 1.165) is 35.1 Å². The van der Waals surface area contributed by atoms with Crippen molar-refractivity contribution in [1.29, 1.82) is 0 Å². The van der Waals surface area contributed by atoms with Crippen molar-refractivity contribution >= 4 is 16.8 Å². The Bertz CT molecular complexity index is 595. The van der Waals surface area contributed by atoms with Gasteiger partial charge in [-0.2, -0.15) is 0 Å². The Labute approximate surface area is 93.9 Å². The van der Waals surface area contributed by atoms with Gasteiger partial charge < -0.3 is 10.3 Å². The Balaban J connectivity index is 2.42. The topological polar surface area (TPSA) is 44.9 Å². The summed E-state index contributed by atoms with van der Waals surface area (Å²) < 4.78 is 0. The fourth-order valence-corrected chi connectivity index (χ4v) is 2.54. The molecule has 0 spiro atoms. The average molecular weight is 214 g/mol. The lowest BCUT2D eigenvalue weighted by atomic mass is 10.0. The fourth-order valence-electron chi connectivity index (χ4n) is 2.54. The van der Waals surface area contributed by atoms with Crippen molar-refractivity contribution in [2.24, 2.45) is 0 Å². The molecule has 1 aliphatic heterocycles. The highest BCUT2D eigenvalue weighted by atomic mass is 16.1. The van der Waals surface area contributed by atoms with Crippen LogP contribution in [0.1, 0.15) is 27.2 Å². The smallest absolute Gasteiger partial charge is 0.253 e. The first-order valence-corrected chi connectivity index (χ1v) is 5.57. The molecule has 0 aliphatic carbocycles. The second kappa shape index (κ2) is 3.11. The van der Waals surface area contributed by atoms with Gasteiger partial charge in [0.05, 0.1) is 5.56 Å². The maximum absolute atomic E-state index is 11.9. The molecule has 1 aromatic carbocycles. The number of rotatable bonds is 0. The molecule has 0 atom stereocenters. The van der Waals surface area contributed by atoms with Crippen LogP contribution in [0, 0.1) is 13.8 Å². The Morgan fingerprint density at radius 1 is 1.25 bits per heavy atom. The number of fused-ring (bicyclic) bond motifs is 3. The number of benzene rings is 1. The van der Waals surface area contributed by atoms with Crippen LogP contribution >= 0.6 is 0 Å². The normalized spacial score (nSPS) is 15.0. The van der Waals surface area contributed by atoms with Crippen molar-refractivity contribution in [1.82, 2.24) is 10.3 Å². The van der Waals surface area contributed by atoms with Gasteiger partial charge >= 0.3 is 0 Å². The minimum atomic E-state index is 0.0532. The largest absolute Gasteiger partial charge is 0.357 e. The average Bonchev–Trinajstić information content (AvgIpc) is 2.58. The second-order valence-corrected chi connectivity index (χ2v) is 4.49. The van der Waals surface area contributed by atoms with Gasteiger partial charge in [-0.3, -0.25) is 4.79 Å². The lowest BCUT2D eigenvalue weighted by molar-refractivity contribution is 0.0947. The molecule has 0 saturated carbocycles. The van der Waals surface area contributed by atoms with Gasteiger partial charge in [-0.05, 0) is 25.5 Å². The molecule has 3 nitrogen and oxygen atoms in total. The number of hydrogen-bond donors (Lipinski definition) is 2. The summed E-state index contributed by atoms with van der Waals surface area (Å²) in [7, 11) is 0. The number of carbonyl (C=O) groups is 1. The molecule has 0 unspecified atom stereocenters.